The molecule has 0 spiro atoms. The Hall–Kier alpha value is -1.40. The summed E-state index contributed by atoms with van der Waals surface area (Å²) in [6, 6.07) is 1.75. The maximum absolute atomic E-state index is 9.70. The molecule has 0 aliphatic heterocycles. The number of aliphatic hydroxyl groups is 1. The summed E-state index contributed by atoms with van der Waals surface area (Å²) >= 11 is 0. The highest BCUT2D eigenvalue weighted by molar-refractivity contribution is 5.47. The first kappa shape index (κ1) is 13.0. The Labute approximate surface area is 107 Å². The Kier molecular flexibility index (Phi) is 3.98. The molecule has 2 atom stereocenters. The van der Waals surface area contributed by atoms with Crippen molar-refractivity contribution in [1.82, 2.24) is 9.97 Å². The van der Waals surface area contributed by atoms with Crippen LogP contribution in [0, 0.1) is 5.92 Å². The van der Waals surface area contributed by atoms with Gasteiger partial charge in [-0.05, 0) is 18.8 Å². The Balaban J connectivity index is 2.13. The van der Waals surface area contributed by atoms with Crippen LogP contribution in [0.2, 0.25) is 0 Å². The predicted octanol–water partition coefficient (Wildman–Crippen LogP) is 1.12. The van der Waals surface area contributed by atoms with E-state index < -0.39 is 0 Å². The van der Waals surface area contributed by atoms with Crippen LogP contribution < -0.4 is 16.6 Å². The number of hydrazine groups is 1. The van der Waals surface area contributed by atoms with Crippen LogP contribution in [0.3, 0.4) is 0 Å². The number of nitrogens with one attached hydrogen (secondary N) is 2. The second kappa shape index (κ2) is 5.49. The Morgan fingerprint density at radius 2 is 2.28 bits per heavy atom. The molecule has 2 rings (SSSR count). The number of nitrogens with two attached hydrogens (primary N) is 1. The molecule has 6 nitrogen and oxygen atoms in total. The van der Waals surface area contributed by atoms with Gasteiger partial charge in [-0.15, -0.1) is 0 Å². The van der Waals surface area contributed by atoms with Crippen molar-refractivity contribution in [2.45, 2.75) is 38.1 Å². The molecule has 100 valence electrons. The molecule has 0 amide bonds. The predicted molar refractivity (Wildman–Crippen MR) is 70.9 cm³/mol. The average Bonchev–Trinajstić information content (AvgIpc) is 2.39. The van der Waals surface area contributed by atoms with Crippen LogP contribution in [0.25, 0.3) is 0 Å². The van der Waals surface area contributed by atoms with Gasteiger partial charge in [-0.1, -0.05) is 19.8 Å². The van der Waals surface area contributed by atoms with E-state index in [-0.39, 0.29) is 12.1 Å². The van der Waals surface area contributed by atoms with Crippen molar-refractivity contribution in [3.05, 3.63) is 12.4 Å². The van der Waals surface area contributed by atoms with Crippen molar-refractivity contribution in [2.75, 3.05) is 17.3 Å². The summed E-state index contributed by atoms with van der Waals surface area (Å²) in [6.07, 6.45) is 5.72. The molecule has 1 aromatic rings. The van der Waals surface area contributed by atoms with Gasteiger partial charge >= 0.3 is 0 Å². The molecule has 1 aliphatic rings. The molecule has 0 bridgehead atoms. The maximum Gasteiger partial charge on any atom is 0.145 e. The molecular formula is C12H21N5O. The first-order chi connectivity index (χ1) is 8.67. The second-order valence-electron chi connectivity index (χ2n) is 5.20. The van der Waals surface area contributed by atoms with Crippen LogP contribution in [0.15, 0.2) is 12.4 Å². The van der Waals surface area contributed by atoms with E-state index in [0.717, 1.165) is 19.3 Å². The van der Waals surface area contributed by atoms with Crippen LogP contribution >= 0.6 is 0 Å². The summed E-state index contributed by atoms with van der Waals surface area (Å²) in [6.45, 7) is 2.34. The van der Waals surface area contributed by atoms with Gasteiger partial charge in [0.15, 0.2) is 0 Å². The molecule has 18 heavy (non-hydrogen) atoms. The number of rotatable bonds is 4. The molecule has 1 aromatic heterocycles. The smallest absolute Gasteiger partial charge is 0.145 e. The maximum atomic E-state index is 9.70. The van der Waals surface area contributed by atoms with E-state index >= 15 is 0 Å². The number of nitrogens with zero attached hydrogens (tertiary/aromatic N) is 2. The minimum absolute atomic E-state index is 0.118. The molecule has 1 fully saturated rings. The Morgan fingerprint density at radius 3 is 2.94 bits per heavy atom. The third kappa shape index (κ3) is 2.88. The number of hydrogen-bond donors (Lipinski definition) is 4. The molecule has 5 N–H and O–H groups in total. The largest absolute Gasteiger partial charge is 0.394 e. The number of nitrogen functional groups attached to an aromatic ring is 1. The molecule has 0 aromatic carbocycles. The highest BCUT2D eigenvalue weighted by Crippen LogP contribution is 2.34. The van der Waals surface area contributed by atoms with E-state index in [1.807, 2.05) is 0 Å². The van der Waals surface area contributed by atoms with Gasteiger partial charge in [0.1, 0.15) is 18.0 Å². The number of aliphatic hydroxyl groups excluding tert-OH is 1. The fourth-order valence-electron chi connectivity index (χ4n) is 2.73. The van der Waals surface area contributed by atoms with E-state index in [1.54, 1.807) is 6.07 Å². The lowest BCUT2D eigenvalue weighted by Crippen LogP contribution is -2.46. The van der Waals surface area contributed by atoms with E-state index in [2.05, 4.69) is 27.6 Å². The molecular weight excluding hydrogens is 230 g/mol. The van der Waals surface area contributed by atoms with Gasteiger partial charge in [0.25, 0.3) is 0 Å². The van der Waals surface area contributed by atoms with Gasteiger partial charge in [0.2, 0.25) is 0 Å². The monoisotopic (exact) mass is 251 g/mol. The van der Waals surface area contributed by atoms with E-state index in [4.69, 9.17) is 5.84 Å². The fourth-order valence-corrected chi connectivity index (χ4v) is 2.73. The van der Waals surface area contributed by atoms with Crippen molar-refractivity contribution >= 4 is 11.6 Å². The third-order valence-electron chi connectivity index (χ3n) is 3.60. The summed E-state index contributed by atoms with van der Waals surface area (Å²) in [5.74, 6) is 7.19. The molecule has 2 unspecified atom stereocenters. The summed E-state index contributed by atoms with van der Waals surface area (Å²) < 4.78 is 0. The lowest BCUT2D eigenvalue weighted by molar-refractivity contribution is 0.149. The van der Waals surface area contributed by atoms with E-state index in [0.29, 0.717) is 17.6 Å². The topological polar surface area (TPSA) is 96.1 Å². The van der Waals surface area contributed by atoms with E-state index in [9.17, 15) is 5.11 Å². The average molecular weight is 251 g/mol. The van der Waals surface area contributed by atoms with Gasteiger partial charge in [-0.25, -0.2) is 15.8 Å². The zero-order valence-corrected chi connectivity index (χ0v) is 10.7. The molecule has 0 saturated heterocycles. The summed E-state index contributed by atoms with van der Waals surface area (Å²) in [5.41, 5.74) is 2.22. The Bertz CT molecular complexity index is 400. The first-order valence-corrected chi connectivity index (χ1v) is 6.35. The minimum Gasteiger partial charge on any atom is -0.394 e. The van der Waals surface area contributed by atoms with Crippen LogP contribution in [-0.2, 0) is 0 Å². The number of aromatic nitrogens is 2. The van der Waals surface area contributed by atoms with Crippen molar-refractivity contribution in [1.29, 1.82) is 0 Å². The lowest BCUT2D eigenvalue weighted by Gasteiger charge is -2.39. The second-order valence-corrected chi connectivity index (χ2v) is 5.20. The summed E-state index contributed by atoms with van der Waals surface area (Å²) in [4.78, 5) is 8.14. The normalized spacial score (nSPS) is 27.8. The molecule has 6 heteroatoms. The number of hydrogen-bond acceptors (Lipinski definition) is 6. The highest BCUT2D eigenvalue weighted by atomic mass is 16.3. The van der Waals surface area contributed by atoms with Gasteiger partial charge < -0.3 is 15.8 Å². The molecule has 0 radical (unpaired) electrons. The van der Waals surface area contributed by atoms with Crippen molar-refractivity contribution < 1.29 is 5.11 Å². The van der Waals surface area contributed by atoms with E-state index in [1.165, 1.54) is 12.7 Å². The summed E-state index contributed by atoms with van der Waals surface area (Å²) in [7, 11) is 0. The lowest BCUT2D eigenvalue weighted by atomic mass is 9.77. The van der Waals surface area contributed by atoms with Gasteiger partial charge in [0.05, 0.1) is 12.1 Å². The quantitative estimate of drug-likeness (QED) is 0.473. The molecule has 1 aliphatic carbocycles. The highest BCUT2D eigenvalue weighted by Gasteiger charge is 2.34. The van der Waals surface area contributed by atoms with Gasteiger partial charge in [-0.3, -0.25) is 0 Å². The van der Waals surface area contributed by atoms with Crippen LogP contribution in [0.4, 0.5) is 11.6 Å². The fraction of sp³-hybridized carbons (Fsp3) is 0.667. The first-order valence-electron chi connectivity index (χ1n) is 6.35. The molecule has 1 heterocycles. The summed E-state index contributed by atoms with van der Waals surface area (Å²) in [5, 5.41) is 13.1. The van der Waals surface area contributed by atoms with Gasteiger partial charge in [-0.2, -0.15) is 0 Å². The third-order valence-corrected chi connectivity index (χ3v) is 3.60. The SMILES string of the molecule is CC1CCCC(CO)(Nc2cc(NN)ncn2)C1. The van der Waals surface area contributed by atoms with Crippen molar-refractivity contribution in [3.8, 4) is 0 Å². The minimum atomic E-state index is -0.266. The van der Waals surface area contributed by atoms with Crippen LogP contribution in [-0.4, -0.2) is 27.2 Å². The zero-order valence-electron chi connectivity index (χ0n) is 10.7. The van der Waals surface area contributed by atoms with Crippen molar-refractivity contribution in [2.24, 2.45) is 11.8 Å². The standard InChI is InChI=1S/C12H21N5O/c1-9-3-2-4-12(6-9,7-18)16-10-5-11(17-13)15-8-14-10/h5,8-9,18H,2-4,6-7,13H2,1H3,(H2,14,15,16,17). The van der Waals surface area contributed by atoms with Gasteiger partial charge in [0, 0.05) is 6.07 Å². The van der Waals surface area contributed by atoms with Crippen LogP contribution in [0.5, 0.6) is 0 Å². The zero-order chi connectivity index (χ0) is 13.0. The van der Waals surface area contributed by atoms with Crippen LogP contribution in [0.1, 0.15) is 32.6 Å². The number of anilines is 2. The molecule has 1 saturated carbocycles. The Morgan fingerprint density at radius 1 is 1.50 bits per heavy atom. The van der Waals surface area contributed by atoms with Crippen molar-refractivity contribution in [3.63, 3.8) is 0 Å².